The van der Waals surface area contributed by atoms with Crippen LogP contribution >= 0.6 is 37.2 Å². The van der Waals surface area contributed by atoms with E-state index in [0.717, 1.165) is 25.1 Å². The van der Waals surface area contributed by atoms with Gasteiger partial charge in [0.15, 0.2) is 0 Å². The van der Waals surface area contributed by atoms with Crippen LogP contribution in [0.5, 0.6) is 0 Å². The van der Waals surface area contributed by atoms with Gasteiger partial charge in [-0.3, -0.25) is 0 Å². The third-order valence-electron chi connectivity index (χ3n) is 3.91. The Morgan fingerprint density at radius 2 is 1.69 bits per heavy atom. The smallest absolute Gasteiger partial charge is 0.228 e. The minimum absolute atomic E-state index is 0.338. The summed E-state index contributed by atoms with van der Waals surface area (Å²) in [6.07, 6.45) is 3.17. The maximum atomic E-state index is 5.66. The summed E-state index contributed by atoms with van der Waals surface area (Å²) in [6, 6.07) is 11.0. The van der Waals surface area contributed by atoms with Crippen LogP contribution in [0.2, 0.25) is 0 Å². The lowest BCUT2D eigenvalue weighted by Crippen LogP contribution is -2.33. The molecule has 0 radical (unpaired) electrons. The normalized spacial score (nSPS) is 10.8. The third kappa shape index (κ3) is 8.90. The Labute approximate surface area is 181 Å². The first-order valence-electron chi connectivity index (χ1n) is 8.96. The van der Waals surface area contributed by atoms with Gasteiger partial charge in [0.25, 0.3) is 0 Å². The number of hydrogen-bond acceptors (Lipinski definition) is 5. The second kappa shape index (κ2) is 15.5. The largest absolute Gasteiger partial charge is 0.341 e. The number of rotatable bonds is 7. The molecule has 146 valence electrons. The van der Waals surface area contributed by atoms with Gasteiger partial charge >= 0.3 is 0 Å². The fourth-order valence-corrected chi connectivity index (χ4v) is 2.58. The van der Waals surface area contributed by atoms with Gasteiger partial charge in [0.1, 0.15) is 11.6 Å². The third-order valence-corrected chi connectivity index (χ3v) is 3.91. The summed E-state index contributed by atoms with van der Waals surface area (Å²) in [5.41, 5.74) is 7.02. The number of nitrogens with two attached hydrogens (primary N) is 1. The summed E-state index contributed by atoms with van der Waals surface area (Å²) in [5, 5.41) is 0. The van der Waals surface area contributed by atoms with E-state index in [9.17, 15) is 0 Å². The van der Waals surface area contributed by atoms with Gasteiger partial charge in [0.2, 0.25) is 5.95 Å². The Balaban J connectivity index is 0.00000146. The molecule has 2 N–H and O–H groups in total. The van der Waals surface area contributed by atoms with Crippen molar-refractivity contribution in [2.75, 3.05) is 11.9 Å². The van der Waals surface area contributed by atoms with Gasteiger partial charge in [0.05, 0.1) is 6.54 Å². The van der Waals surface area contributed by atoms with E-state index in [-0.39, 0.29) is 0 Å². The van der Waals surface area contributed by atoms with Crippen molar-refractivity contribution in [1.29, 1.82) is 0 Å². The lowest BCUT2D eigenvalue weighted by Gasteiger charge is -2.27. The van der Waals surface area contributed by atoms with Crippen LogP contribution in [0.25, 0.3) is 0 Å². The van der Waals surface area contributed by atoms with Crippen molar-refractivity contribution in [3.63, 3.8) is 0 Å². The van der Waals surface area contributed by atoms with E-state index < -0.39 is 0 Å². The highest BCUT2D eigenvalue weighted by Gasteiger charge is 2.17. The van der Waals surface area contributed by atoms with Gasteiger partial charge in [-0.15, -0.1) is 0 Å². The molecule has 0 spiro atoms. The summed E-state index contributed by atoms with van der Waals surface area (Å²) in [4.78, 5) is 15.3. The number of anilines is 1. The Hall–Kier alpha value is -0.550. The lowest BCUT2D eigenvalue weighted by molar-refractivity contribution is 0.552. The monoisotopic (exact) mass is 583 g/mol. The zero-order valence-electron chi connectivity index (χ0n) is 16.4. The van der Waals surface area contributed by atoms with Crippen LogP contribution < -0.4 is 10.6 Å². The number of halogens is 2. The van der Waals surface area contributed by atoms with Crippen LogP contribution in [0.15, 0.2) is 30.3 Å². The summed E-state index contributed by atoms with van der Waals surface area (Å²) in [6.45, 7) is 8.41. The Bertz CT molecular complexity index is 596. The van der Waals surface area contributed by atoms with Crippen LogP contribution in [0, 0.1) is 6.92 Å². The number of aryl methyl sites for hydroxylation is 2. The van der Waals surface area contributed by atoms with E-state index in [1.54, 1.807) is 0 Å². The average Bonchev–Trinajstić information content (AvgIpc) is 2.71. The van der Waals surface area contributed by atoms with Crippen molar-refractivity contribution in [2.24, 2.45) is 5.73 Å². The first-order valence-corrected chi connectivity index (χ1v) is 15.2. The summed E-state index contributed by atoms with van der Waals surface area (Å²) >= 11 is 4.24. The quantitative estimate of drug-likeness (QED) is 0.450. The Kier molecular flexibility index (Phi) is 15.2. The lowest BCUT2D eigenvalue weighted by atomic mass is 10.0. The maximum Gasteiger partial charge on any atom is 0.228 e. The van der Waals surface area contributed by atoms with E-state index >= 15 is 0 Å². The molecule has 26 heavy (non-hydrogen) atoms. The molecular weight excluding hydrogens is 552 g/mol. The molecule has 0 aliphatic heterocycles. The highest BCUT2D eigenvalue weighted by atomic mass is 128. The summed E-state index contributed by atoms with van der Waals surface area (Å²) in [7, 11) is 2.05. The number of benzene rings is 1. The Morgan fingerprint density at radius 3 is 2.23 bits per heavy atom. The standard InChI is InChI=1S/C17H25N5.C2H6.I2/c1-4-15(11-10-14-8-6-5-7-9-14)22(3)17-20-13(2)19-16(12-18)21-17;2*1-2/h5-9,15H,4,10-12,18H2,1-3H3;1-2H3;. The van der Waals surface area contributed by atoms with Gasteiger partial charge in [0, 0.05) is 50.3 Å². The van der Waals surface area contributed by atoms with Gasteiger partial charge in [-0.05, 0) is 31.7 Å². The molecule has 1 atom stereocenters. The predicted octanol–water partition coefficient (Wildman–Crippen LogP) is 5.28. The molecule has 0 aliphatic rings. The molecule has 1 heterocycles. The molecule has 2 aromatic rings. The van der Waals surface area contributed by atoms with Gasteiger partial charge in [-0.25, -0.2) is 4.98 Å². The van der Waals surface area contributed by atoms with Gasteiger partial charge in [-0.1, -0.05) is 51.1 Å². The van der Waals surface area contributed by atoms with Crippen molar-refractivity contribution < 1.29 is 0 Å². The van der Waals surface area contributed by atoms with E-state index in [4.69, 9.17) is 5.73 Å². The van der Waals surface area contributed by atoms with E-state index in [1.807, 2.05) is 27.8 Å². The molecule has 0 fully saturated rings. The predicted molar refractivity (Wildman–Crippen MR) is 129 cm³/mol. The second-order valence-electron chi connectivity index (χ2n) is 5.50. The number of hydrogen-bond donors (Lipinski definition) is 1. The highest BCUT2D eigenvalue weighted by Crippen LogP contribution is 2.17. The first kappa shape index (κ1) is 25.4. The van der Waals surface area contributed by atoms with Crippen molar-refractivity contribution in [1.82, 2.24) is 15.0 Å². The SMILES string of the molecule is CC.CCC(CCc1ccccc1)N(C)c1nc(C)nc(CN)n1.II. The maximum absolute atomic E-state index is 5.66. The molecule has 0 aliphatic carbocycles. The second-order valence-corrected chi connectivity index (χ2v) is 5.50. The summed E-state index contributed by atoms with van der Waals surface area (Å²) in [5.74, 6) is 2.08. The van der Waals surface area contributed by atoms with E-state index in [0.29, 0.717) is 24.4 Å². The van der Waals surface area contributed by atoms with Crippen molar-refractivity contribution in [3.05, 3.63) is 47.5 Å². The molecule has 1 unspecified atom stereocenters. The number of nitrogens with zero attached hydrogens (tertiary/aromatic N) is 4. The molecule has 0 saturated heterocycles. The Morgan fingerprint density at radius 1 is 1.08 bits per heavy atom. The number of aromatic nitrogens is 3. The topological polar surface area (TPSA) is 67.9 Å². The molecule has 1 aromatic carbocycles. The molecule has 2 rings (SSSR count). The fourth-order valence-electron chi connectivity index (χ4n) is 2.58. The minimum atomic E-state index is 0.338. The molecule has 7 heteroatoms. The van der Waals surface area contributed by atoms with Crippen LogP contribution in [0.3, 0.4) is 0 Å². The van der Waals surface area contributed by atoms with Crippen molar-refractivity contribution in [3.8, 4) is 0 Å². The molecule has 5 nitrogen and oxygen atoms in total. The van der Waals surface area contributed by atoms with Gasteiger partial charge in [-0.2, -0.15) is 9.97 Å². The highest BCUT2D eigenvalue weighted by molar-refractivity contribution is 15.0. The van der Waals surface area contributed by atoms with E-state index in [1.165, 1.54) is 5.56 Å². The molecule has 0 amide bonds. The van der Waals surface area contributed by atoms with Crippen LogP contribution in [0.4, 0.5) is 5.95 Å². The summed E-state index contributed by atoms with van der Waals surface area (Å²) < 4.78 is 0. The zero-order valence-corrected chi connectivity index (χ0v) is 20.7. The van der Waals surface area contributed by atoms with Gasteiger partial charge < -0.3 is 10.6 Å². The fraction of sp³-hybridized carbons (Fsp3) is 0.526. The molecule has 0 bridgehead atoms. The minimum Gasteiger partial charge on any atom is -0.341 e. The van der Waals surface area contributed by atoms with Crippen LogP contribution in [-0.4, -0.2) is 28.0 Å². The zero-order chi connectivity index (χ0) is 19.9. The molecule has 0 saturated carbocycles. The average molecular weight is 583 g/mol. The van der Waals surface area contributed by atoms with Crippen LogP contribution in [-0.2, 0) is 13.0 Å². The molecule has 1 aromatic heterocycles. The van der Waals surface area contributed by atoms with E-state index in [2.05, 4.69) is 94.3 Å². The molecular formula is C19H31I2N5. The first-order chi connectivity index (χ1) is 12.6. The van der Waals surface area contributed by atoms with Crippen molar-refractivity contribution >= 4 is 43.2 Å². The van der Waals surface area contributed by atoms with Crippen molar-refractivity contribution in [2.45, 2.75) is 59.5 Å². The van der Waals surface area contributed by atoms with Crippen LogP contribution in [0.1, 0.15) is 50.8 Å².